The number of hydrogen-bond acceptors (Lipinski definition) is 3. The first-order valence-corrected chi connectivity index (χ1v) is 8.33. The molecule has 1 aliphatic heterocycles. The zero-order valence-corrected chi connectivity index (χ0v) is 13.9. The first-order chi connectivity index (χ1) is 11.7. The Balaban J connectivity index is 1.62. The van der Waals surface area contributed by atoms with Gasteiger partial charge in [0.25, 0.3) is 5.91 Å². The van der Waals surface area contributed by atoms with Gasteiger partial charge in [0.1, 0.15) is 5.75 Å². The fraction of sp³-hybridized carbons (Fsp3) is 0.350. The molecule has 1 fully saturated rings. The summed E-state index contributed by atoms with van der Waals surface area (Å²) in [6, 6.07) is 15.1. The monoisotopic (exact) mass is 325 g/mol. The molecule has 1 aliphatic rings. The molecule has 1 saturated heterocycles. The van der Waals surface area contributed by atoms with Crippen LogP contribution in [-0.2, 0) is 11.3 Å². The number of amides is 1. The van der Waals surface area contributed by atoms with Crippen molar-refractivity contribution < 1.29 is 14.6 Å². The maximum absolute atomic E-state index is 12.7. The molecule has 0 aromatic heterocycles. The van der Waals surface area contributed by atoms with Crippen LogP contribution in [0.3, 0.4) is 0 Å². The van der Waals surface area contributed by atoms with Crippen LogP contribution in [-0.4, -0.2) is 36.1 Å². The van der Waals surface area contributed by atoms with E-state index in [2.05, 4.69) is 0 Å². The standard InChI is InChI=1S/C20H23NO3/c1-24-14-15-3-2-4-18(13-15)20(23)21-11-9-17(10-12-21)16-5-7-19(22)8-6-16/h2-8,13,17,22H,9-12,14H2,1H3. The number of phenols is 1. The molecule has 0 spiro atoms. The molecule has 2 aromatic carbocycles. The van der Waals surface area contributed by atoms with Crippen molar-refractivity contribution in [3.05, 3.63) is 65.2 Å². The summed E-state index contributed by atoms with van der Waals surface area (Å²) in [5, 5.41) is 9.39. The number of carbonyl (C=O) groups is 1. The Bertz CT molecular complexity index is 688. The number of methoxy groups -OCH3 is 1. The summed E-state index contributed by atoms with van der Waals surface area (Å²) < 4.78 is 5.14. The van der Waals surface area contributed by atoms with Crippen molar-refractivity contribution in [3.63, 3.8) is 0 Å². The van der Waals surface area contributed by atoms with Gasteiger partial charge in [-0.15, -0.1) is 0 Å². The number of likely N-dealkylation sites (tertiary alicyclic amines) is 1. The van der Waals surface area contributed by atoms with E-state index >= 15 is 0 Å². The van der Waals surface area contributed by atoms with Crippen LogP contribution in [0.4, 0.5) is 0 Å². The van der Waals surface area contributed by atoms with Crippen LogP contribution in [0.2, 0.25) is 0 Å². The molecule has 3 rings (SSSR count). The highest BCUT2D eigenvalue weighted by Gasteiger charge is 2.24. The summed E-state index contributed by atoms with van der Waals surface area (Å²) in [6.45, 7) is 2.04. The van der Waals surface area contributed by atoms with Gasteiger partial charge in [-0.05, 0) is 54.2 Å². The molecule has 0 aliphatic carbocycles. The third kappa shape index (κ3) is 3.77. The zero-order chi connectivity index (χ0) is 16.9. The largest absolute Gasteiger partial charge is 0.508 e. The van der Waals surface area contributed by atoms with Gasteiger partial charge >= 0.3 is 0 Å². The lowest BCUT2D eigenvalue weighted by Crippen LogP contribution is -2.37. The Hall–Kier alpha value is -2.33. The first kappa shape index (κ1) is 16.5. The Morgan fingerprint density at radius 1 is 1.17 bits per heavy atom. The normalized spacial score (nSPS) is 15.5. The molecule has 1 amide bonds. The molecular weight excluding hydrogens is 302 g/mol. The number of piperidine rings is 1. The van der Waals surface area contributed by atoms with Crippen molar-refractivity contribution in [1.29, 1.82) is 0 Å². The second kappa shape index (κ2) is 7.49. The minimum Gasteiger partial charge on any atom is -0.508 e. The van der Waals surface area contributed by atoms with Crippen LogP contribution in [0.5, 0.6) is 5.75 Å². The van der Waals surface area contributed by atoms with E-state index in [-0.39, 0.29) is 5.91 Å². The van der Waals surface area contributed by atoms with Crippen molar-refractivity contribution in [3.8, 4) is 5.75 Å². The Kier molecular flexibility index (Phi) is 5.16. The third-order valence-electron chi connectivity index (χ3n) is 4.63. The van der Waals surface area contributed by atoms with E-state index in [4.69, 9.17) is 4.74 Å². The molecule has 1 heterocycles. The van der Waals surface area contributed by atoms with Crippen molar-refractivity contribution in [2.24, 2.45) is 0 Å². The summed E-state index contributed by atoms with van der Waals surface area (Å²) in [6.07, 6.45) is 1.91. The van der Waals surface area contributed by atoms with Gasteiger partial charge in [0.15, 0.2) is 0 Å². The number of ether oxygens (including phenoxy) is 1. The molecule has 126 valence electrons. The lowest BCUT2D eigenvalue weighted by atomic mass is 9.89. The second-order valence-electron chi connectivity index (χ2n) is 6.29. The minimum absolute atomic E-state index is 0.0945. The van der Waals surface area contributed by atoms with E-state index < -0.39 is 0 Å². The first-order valence-electron chi connectivity index (χ1n) is 8.33. The molecular formula is C20H23NO3. The maximum atomic E-state index is 12.7. The van der Waals surface area contributed by atoms with Crippen LogP contribution in [0.1, 0.15) is 40.2 Å². The zero-order valence-electron chi connectivity index (χ0n) is 13.9. The van der Waals surface area contributed by atoms with Gasteiger partial charge in [-0.25, -0.2) is 0 Å². The van der Waals surface area contributed by atoms with Gasteiger partial charge in [0.05, 0.1) is 6.61 Å². The van der Waals surface area contributed by atoms with Gasteiger partial charge < -0.3 is 14.7 Å². The average Bonchev–Trinajstić information content (AvgIpc) is 2.62. The number of carbonyl (C=O) groups excluding carboxylic acids is 1. The Morgan fingerprint density at radius 3 is 2.54 bits per heavy atom. The predicted molar refractivity (Wildman–Crippen MR) is 93.1 cm³/mol. The fourth-order valence-corrected chi connectivity index (χ4v) is 3.31. The number of phenolic OH excluding ortho intramolecular Hbond substituents is 1. The molecule has 0 atom stereocenters. The van der Waals surface area contributed by atoms with Crippen LogP contribution in [0.25, 0.3) is 0 Å². The molecule has 0 bridgehead atoms. The highest BCUT2D eigenvalue weighted by Crippen LogP contribution is 2.29. The average molecular weight is 325 g/mol. The topological polar surface area (TPSA) is 49.8 Å². The summed E-state index contributed by atoms with van der Waals surface area (Å²) in [7, 11) is 1.66. The summed E-state index contributed by atoms with van der Waals surface area (Å²) in [5.74, 6) is 0.842. The maximum Gasteiger partial charge on any atom is 0.253 e. The van der Waals surface area contributed by atoms with E-state index in [1.54, 1.807) is 19.2 Å². The van der Waals surface area contributed by atoms with Crippen molar-refractivity contribution in [2.75, 3.05) is 20.2 Å². The number of benzene rings is 2. The highest BCUT2D eigenvalue weighted by atomic mass is 16.5. The summed E-state index contributed by atoms with van der Waals surface area (Å²) in [5.41, 5.74) is 2.98. The van der Waals surface area contributed by atoms with Crippen molar-refractivity contribution in [1.82, 2.24) is 4.90 Å². The van der Waals surface area contributed by atoms with Crippen LogP contribution in [0.15, 0.2) is 48.5 Å². The number of aromatic hydroxyl groups is 1. The van der Waals surface area contributed by atoms with E-state index in [0.717, 1.165) is 37.1 Å². The number of nitrogens with zero attached hydrogens (tertiary/aromatic N) is 1. The molecule has 0 unspecified atom stereocenters. The number of hydrogen-bond donors (Lipinski definition) is 1. The highest BCUT2D eigenvalue weighted by molar-refractivity contribution is 5.94. The molecule has 1 N–H and O–H groups in total. The third-order valence-corrected chi connectivity index (χ3v) is 4.63. The van der Waals surface area contributed by atoms with Crippen LogP contribution in [0, 0.1) is 0 Å². The fourth-order valence-electron chi connectivity index (χ4n) is 3.31. The van der Waals surface area contributed by atoms with Gasteiger partial charge in [-0.1, -0.05) is 24.3 Å². The smallest absolute Gasteiger partial charge is 0.253 e. The van der Waals surface area contributed by atoms with E-state index in [1.807, 2.05) is 41.3 Å². The summed E-state index contributed by atoms with van der Waals surface area (Å²) >= 11 is 0. The molecule has 0 radical (unpaired) electrons. The van der Waals surface area contributed by atoms with Gasteiger partial charge in [0.2, 0.25) is 0 Å². The molecule has 24 heavy (non-hydrogen) atoms. The SMILES string of the molecule is COCc1cccc(C(=O)N2CCC(c3ccc(O)cc3)CC2)c1. The van der Waals surface area contributed by atoms with Crippen molar-refractivity contribution in [2.45, 2.75) is 25.4 Å². The summed E-state index contributed by atoms with van der Waals surface area (Å²) in [4.78, 5) is 14.6. The lowest BCUT2D eigenvalue weighted by molar-refractivity contribution is 0.0712. The van der Waals surface area contributed by atoms with Gasteiger partial charge in [0, 0.05) is 25.8 Å². The Labute approximate surface area is 142 Å². The number of rotatable bonds is 4. The molecule has 4 heteroatoms. The Morgan fingerprint density at radius 2 is 1.88 bits per heavy atom. The predicted octanol–water partition coefficient (Wildman–Crippen LogP) is 3.56. The van der Waals surface area contributed by atoms with Crippen molar-refractivity contribution >= 4 is 5.91 Å². The quantitative estimate of drug-likeness (QED) is 0.935. The second-order valence-corrected chi connectivity index (χ2v) is 6.29. The van der Waals surface area contributed by atoms with Crippen LogP contribution >= 0.6 is 0 Å². The molecule has 2 aromatic rings. The molecule has 4 nitrogen and oxygen atoms in total. The molecule has 0 saturated carbocycles. The van der Waals surface area contributed by atoms with E-state index in [1.165, 1.54) is 5.56 Å². The minimum atomic E-state index is 0.0945. The van der Waals surface area contributed by atoms with E-state index in [0.29, 0.717) is 18.3 Å². The van der Waals surface area contributed by atoms with Gasteiger partial charge in [-0.2, -0.15) is 0 Å². The van der Waals surface area contributed by atoms with Crippen LogP contribution < -0.4 is 0 Å². The van der Waals surface area contributed by atoms with Gasteiger partial charge in [-0.3, -0.25) is 4.79 Å². The lowest BCUT2D eigenvalue weighted by Gasteiger charge is -2.32. The van der Waals surface area contributed by atoms with E-state index in [9.17, 15) is 9.90 Å².